The van der Waals surface area contributed by atoms with Crippen LogP contribution in [0.3, 0.4) is 0 Å². The average Bonchev–Trinajstić information content (AvgIpc) is 2.77. The van der Waals surface area contributed by atoms with E-state index in [4.69, 9.17) is 14.2 Å². The number of carbonyl (C=O) groups is 3. The van der Waals surface area contributed by atoms with Crippen LogP contribution in [0.1, 0.15) is 58.9 Å². The summed E-state index contributed by atoms with van der Waals surface area (Å²) in [6.45, 7) is 8.97. The van der Waals surface area contributed by atoms with Crippen molar-refractivity contribution in [3.63, 3.8) is 0 Å². The Labute approximate surface area is 201 Å². The molecule has 186 valence electrons. The molecule has 3 rings (SSSR count). The molecule has 8 heteroatoms. The van der Waals surface area contributed by atoms with Crippen molar-refractivity contribution in [1.29, 1.82) is 0 Å². The molecule has 0 spiro atoms. The summed E-state index contributed by atoms with van der Waals surface area (Å²) in [5, 5.41) is 2.90. The number of anilines is 1. The quantitative estimate of drug-likeness (QED) is 0.485. The number of rotatable bonds is 6. The average molecular weight is 473 g/mol. The number of amides is 2. The molecule has 1 N–H and O–H groups in total. The molecule has 8 nitrogen and oxygen atoms in total. The zero-order valence-electron chi connectivity index (χ0n) is 20.6. The summed E-state index contributed by atoms with van der Waals surface area (Å²) < 4.78 is 16.3. The summed E-state index contributed by atoms with van der Waals surface area (Å²) >= 11 is 0. The summed E-state index contributed by atoms with van der Waals surface area (Å²) in [4.78, 5) is 38.0. The molecule has 1 fully saturated rings. The highest BCUT2D eigenvalue weighted by Crippen LogP contribution is 2.31. The van der Waals surface area contributed by atoms with E-state index in [-0.39, 0.29) is 36.4 Å². The van der Waals surface area contributed by atoms with Gasteiger partial charge in [0.1, 0.15) is 17.5 Å². The molecule has 34 heavy (non-hydrogen) atoms. The second kappa shape index (κ2) is 11.4. The summed E-state index contributed by atoms with van der Waals surface area (Å²) in [5.74, 6) is 0.553. The van der Waals surface area contributed by atoms with Crippen LogP contribution in [0.5, 0.6) is 5.75 Å². The minimum absolute atomic E-state index is 0.184. The molecule has 1 saturated heterocycles. The van der Waals surface area contributed by atoms with Gasteiger partial charge in [-0.2, -0.15) is 0 Å². The Bertz CT molecular complexity index is 912. The topological polar surface area (TPSA) is 94.2 Å². The Morgan fingerprint density at radius 3 is 2.59 bits per heavy atom. The molecule has 0 bridgehead atoms. The van der Waals surface area contributed by atoms with Gasteiger partial charge in [0.2, 0.25) is 5.91 Å². The minimum atomic E-state index is -0.501. The van der Waals surface area contributed by atoms with E-state index >= 15 is 0 Å². The van der Waals surface area contributed by atoms with Crippen LogP contribution in [0.2, 0.25) is 0 Å². The lowest BCUT2D eigenvalue weighted by atomic mass is 9.96. The van der Waals surface area contributed by atoms with Gasteiger partial charge in [0, 0.05) is 18.8 Å². The van der Waals surface area contributed by atoms with Crippen molar-refractivity contribution < 1.29 is 28.6 Å². The van der Waals surface area contributed by atoms with E-state index < -0.39 is 5.60 Å². The maximum absolute atomic E-state index is 12.4. The van der Waals surface area contributed by atoms with E-state index in [1.54, 1.807) is 24.0 Å². The van der Waals surface area contributed by atoms with Crippen LogP contribution < -0.4 is 10.1 Å². The highest BCUT2D eigenvalue weighted by molar-refractivity contribution is 5.99. The molecular formula is C26H36N2O6. The maximum Gasteiger partial charge on any atom is 0.410 e. The number of piperidine rings is 1. The normalized spacial score (nSPS) is 18.7. The predicted molar refractivity (Wildman–Crippen MR) is 129 cm³/mol. The number of ether oxygens (including phenoxy) is 3. The number of likely N-dealkylation sites (tertiary alicyclic amines) is 1. The first-order chi connectivity index (χ1) is 16.1. The third-order valence-corrected chi connectivity index (χ3v) is 5.77. The van der Waals surface area contributed by atoms with Gasteiger partial charge in [0.25, 0.3) is 0 Å². The van der Waals surface area contributed by atoms with E-state index in [0.717, 1.165) is 37.0 Å². The fourth-order valence-corrected chi connectivity index (χ4v) is 4.08. The molecule has 0 radical (unpaired) electrons. The number of fused-ring (bicyclic) bond motifs is 1. The zero-order valence-corrected chi connectivity index (χ0v) is 20.6. The summed E-state index contributed by atoms with van der Waals surface area (Å²) in [7, 11) is 0. The number of nitrogens with one attached hydrogen (secondary N) is 1. The third kappa shape index (κ3) is 7.78. The van der Waals surface area contributed by atoms with Crippen LogP contribution in [0.4, 0.5) is 10.5 Å². The molecule has 2 amide bonds. The monoisotopic (exact) mass is 472 g/mol. The van der Waals surface area contributed by atoms with Gasteiger partial charge in [0.05, 0.1) is 13.0 Å². The highest BCUT2D eigenvalue weighted by Gasteiger charge is 2.26. The van der Waals surface area contributed by atoms with E-state index in [2.05, 4.69) is 5.32 Å². The lowest BCUT2D eigenvalue weighted by molar-refractivity contribution is -0.145. The molecule has 2 aliphatic rings. The van der Waals surface area contributed by atoms with Crippen LogP contribution >= 0.6 is 0 Å². The molecule has 0 aromatic heterocycles. The molecule has 2 aliphatic heterocycles. The first kappa shape index (κ1) is 25.6. The Balaban J connectivity index is 1.45. The first-order valence-corrected chi connectivity index (χ1v) is 12.0. The number of hydrogen-bond acceptors (Lipinski definition) is 6. The Morgan fingerprint density at radius 1 is 1.18 bits per heavy atom. The molecular weight excluding hydrogens is 436 g/mol. The second-order valence-corrected chi connectivity index (χ2v) is 9.76. The third-order valence-electron chi connectivity index (χ3n) is 5.77. The van der Waals surface area contributed by atoms with Crippen LogP contribution in [0.15, 0.2) is 30.4 Å². The SMILES string of the molecule is CCOC(=O)CC1CCc2cc(NC(=O)C=CC3CCN(C(=O)OC(C)(C)C)CC3)ccc2O1. The van der Waals surface area contributed by atoms with Crippen molar-refractivity contribution in [2.24, 2.45) is 5.92 Å². The van der Waals surface area contributed by atoms with Gasteiger partial charge in [-0.05, 0) is 89.1 Å². The lowest BCUT2D eigenvalue weighted by Crippen LogP contribution is -2.41. The molecule has 2 heterocycles. The first-order valence-electron chi connectivity index (χ1n) is 12.0. The second-order valence-electron chi connectivity index (χ2n) is 9.76. The van der Waals surface area contributed by atoms with Crippen molar-refractivity contribution >= 4 is 23.7 Å². The standard InChI is InChI=1S/C26H36N2O6/c1-5-32-24(30)17-21-9-7-19-16-20(8-10-22(19)33-21)27-23(29)11-6-18-12-14-28(15-13-18)25(31)34-26(2,3)4/h6,8,10-11,16,18,21H,5,7,9,12-15,17H2,1-4H3,(H,27,29). The van der Waals surface area contributed by atoms with Gasteiger partial charge in [-0.15, -0.1) is 0 Å². The zero-order chi connectivity index (χ0) is 24.7. The Hall–Kier alpha value is -3.03. The summed E-state index contributed by atoms with van der Waals surface area (Å²) in [6, 6.07) is 5.55. The maximum atomic E-state index is 12.4. The van der Waals surface area contributed by atoms with Gasteiger partial charge in [-0.25, -0.2) is 4.79 Å². The lowest BCUT2D eigenvalue weighted by Gasteiger charge is -2.32. The Kier molecular flexibility index (Phi) is 8.58. The molecule has 0 aliphatic carbocycles. The van der Waals surface area contributed by atoms with E-state index in [9.17, 15) is 14.4 Å². The molecule has 1 aromatic rings. The van der Waals surface area contributed by atoms with Gasteiger partial charge < -0.3 is 24.4 Å². The Morgan fingerprint density at radius 2 is 1.91 bits per heavy atom. The highest BCUT2D eigenvalue weighted by atomic mass is 16.6. The van der Waals surface area contributed by atoms with Crippen molar-refractivity contribution in [2.45, 2.75) is 71.5 Å². The van der Waals surface area contributed by atoms with Crippen molar-refractivity contribution in [1.82, 2.24) is 4.90 Å². The molecule has 1 atom stereocenters. The fourth-order valence-electron chi connectivity index (χ4n) is 4.08. The summed E-state index contributed by atoms with van der Waals surface area (Å²) in [6.07, 6.45) is 6.36. The number of benzene rings is 1. The summed E-state index contributed by atoms with van der Waals surface area (Å²) in [5.41, 5.74) is 1.22. The number of nitrogens with zero attached hydrogens (tertiary/aromatic N) is 1. The molecule has 0 saturated carbocycles. The molecule has 1 unspecified atom stereocenters. The predicted octanol–water partition coefficient (Wildman–Crippen LogP) is 4.48. The fraction of sp³-hybridized carbons (Fsp3) is 0.577. The van der Waals surface area contributed by atoms with Crippen LogP contribution in [0, 0.1) is 5.92 Å². The van der Waals surface area contributed by atoms with Gasteiger partial charge in [-0.1, -0.05) is 6.08 Å². The number of carbonyl (C=O) groups excluding carboxylic acids is 3. The van der Waals surface area contributed by atoms with Gasteiger partial charge in [-0.3, -0.25) is 9.59 Å². The van der Waals surface area contributed by atoms with E-state index in [1.807, 2.05) is 39.0 Å². The van der Waals surface area contributed by atoms with Crippen molar-refractivity contribution in [3.05, 3.63) is 35.9 Å². The van der Waals surface area contributed by atoms with Crippen LogP contribution in [0.25, 0.3) is 0 Å². The number of esters is 1. The minimum Gasteiger partial charge on any atom is -0.490 e. The van der Waals surface area contributed by atoms with E-state index in [1.165, 1.54) is 0 Å². The van der Waals surface area contributed by atoms with Gasteiger partial charge >= 0.3 is 12.1 Å². The van der Waals surface area contributed by atoms with Crippen LogP contribution in [-0.4, -0.2) is 54.3 Å². The number of aryl methyl sites for hydroxylation is 1. The van der Waals surface area contributed by atoms with Gasteiger partial charge in [0.15, 0.2) is 0 Å². The number of hydrogen-bond donors (Lipinski definition) is 1. The molecule has 1 aromatic carbocycles. The smallest absolute Gasteiger partial charge is 0.410 e. The van der Waals surface area contributed by atoms with E-state index in [0.29, 0.717) is 25.4 Å². The van der Waals surface area contributed by atoms with Crippen molar-refractivity contribution in [3.8, 4) is 5.75 Å². The largest absolute Gasteiger partial charge is 0.490 e. The van der Waals surface area contributed by atoms with Crippen LogP contribution in [-0.2, 0) is 25.5 Å². The van der Waals surface area contributed by atoms with Crippen molar-refractivity contribution in [2.75, 3.05) is 25.0 Å². The number of allylic oxidation sites excluding steroid dienone is 1.